The maximum Gasteiger partial charge on any atom is 0.254 e. The Morgan fingerprint density at radius 2 is 2.03 bits per heavy atom. The van der Waals surface area contributed by atoms with Crippen LogP contribution in [0.2, 0.25) is 0 Å². The van der Waals surface area contributed by atoms with E-state index in [1.165, 1.54) is 34.0 Å². The number of rotatable bonds is 9. The Morgan fingerprint density at radius 3 is 2.69 bits per heavy atom. The normalized spacial score (nSPS) is 22.5. The molecule has 0 radical (unpaired) electrons. The topological polar surface area (TPSA) is 87.9 Å². The summed E-state index contributed by atoms with van der Waals surface area (Å²) in [4.78, 5) is 33.1. The standard InChI is InChI=1S/C26H35FN4O3S/c1-18-4-9-23(35-18)17-30(16-22-3-2-14-34-22)21-10-13-31(24(15-21)25(32)29-12-11-28)26(33)19-5-7-20(27)8-6-19/h4-9,21-22,24H,2-3,10-17,28H2,1H3,(H,29,32)/t21?,22?,24-/m1/s1. The molecule has 0 aliphatic carbocycles. The van der Waals surface area contributed by atoms with Gasteiger partial charge in [-0.2, -0.15) is 0 Å². The highest BCUT2D eigenvalue weighted by atomic mass is 32.1. The number of piperidine rings is 1. The van der Waals surface area contributed by atoms with Crippen molar-refractivity contribution in [1.29, 1.82) is 0 Å². The first-order chi connectivity index (χ1) is 16.9. The molecular formula is C26H35FN4O3S. The Balaban J connectivity index is 1.54. The number of ether oxygens (including phenoxy) is 1. The molecule has 3 N–H and O–H groups in total. The van der Waals surface area contributed by atoms with E-state index in [0.29, 0.717) is 31.6 Å². The van der Waals surface area contributed by atoms with Crippen molar-refractivity contribution in [2.45, 2.75) is 57.3 Å². The Bertz CT molecular complexity index is 993. The number of benzene rings is 1. The van der Waals surface area contributed by atoms with Crippen molar-refractivity contribution in [2.75, 3.05) is 32.8 Å². The Kier molecular flexibility index (Phi) is 8.89. The van der Waals surface area contributed by atoms with Crippen LogP contribution < -0.4 is 11.1 Å². The number of hydrogen-bond acceptors (Lipinski definition) is 6. The summed E-state index contributed by atoms with van der Waals surface area (Å²) in [5.41, 5.74) is 5.99. The third kappa shape index (κ3) is 6.67. The number of hydrogen-bond donors (Lipinski definition) is 2. The molecule has 9 heteroatoms. The minimum absolute atomic E-state index is 0.132. The molecule has 2 aliphatic rings. The molecule has 0 spiro atoms. The van der Waals surface area contributed by atoms with Crippen LogP contribution in [0.1, 0.15) is 45.8 Å². The summed E-state index contributed by atoms with van der Waals surface area (Å²) >= 11 is 1.79. The Hall–Kier alpha value is -2.33. The predicted octanol–water partition coefficient (Wildman–Crippen LogP) is 2.92. The van der Waals surface area contributed by atoms with Gasteiger partial charge in [-0.25, -0.2) is 4.39 Å². The number of thiophene rings is 1. The quantitative estimate of drug-likeness (QED) is 0.551. The molecule has 1 aromatic carbocycles. The molecule has 2 aromatic rings. The fourth-order valence-corrected chi connectivity index (χ4v) is 5.92. The summed E-state index contributed by atoms with van der Waals surface area (Å²) in [6.07, 6.45) is 3.60. The van der Waals surface area contributed by atoms with E-state index in [9.17, 15) is 14.0 Å². The number of halogens is 1. The number of aryl methyl sites for hydroxylation is 1. The van der Waals surface area contributed by atoms with E-state index >= 15 is 0 Å². The van der Waals surface area contributed by atoms with Gasteiger partial charge in [-0.05, 0) is 69.0 Å². The molecule has 0 bridgehead atoms. The third-order valence-corrected chi connectivity index (χ3v) is 7.79. The second-order valence-corrected chi connectivity index (χ2v) is 10.7. The van der Waals surface area contributed by atoms with E-state index in [2.05, 4.69) is 29.3 Å². The second-order valence-electron chi connectivity index (χ2n) is 9.36. The lowest BCUT2D eigenvalue weighted by Gasteiger charge is -2.43. The van der Waals surface area contributed by atoms with E-state index in [4.69, 9.17) is 10.5 Å². The number of nitrogens with two attached hydrogens (primary N) is 1. The summed E-state index contributed by atoms with van der Waals surface area (Å²) in [6.45, 7) is 5.65. The van der Waals surface area contributed by atoms with Gasteiger partial charge in [0.25, 0.3) is 5.91 Å². The first-order valence-corrected chi connectivity index (χ1v) is 13.2. The first-order valence-electron chi connectivity index (χ1n) is 12.4. The van der Waals surface area contributed by atoms with Gasteiger partial charge in [0, 0.05) is 60.7 Å². The van der Waals surface area contributed by atoms with Gasteiger partial charge in [0.15, 0.2) is 0 Å². The monoisotopic (exact) mass is 502 g/mol. The van der Waals surface area contributed by atoms with E-state index in [0.717, 1.165) is 39.0 Å². The Morgan fingerprint density at radius 1 is 1.23 bits per heavy atom. The number of carbonyl (C=O) groups is 2. The van der Waals surface area contributed by atoms with Crippen molar-refractivity contribution in [2.24, 2.45) is 5.73 Å². The number of amides is 2. The average Bonchev–Trinajstić information content (AvgIpc) is 3.53. The number of nitrogens with zero attached hydrogens (tertiary/aromatic N) is 2. The molecule has 3 heterocycles. The van der Waals surface area contributed by atoms with E-state index < -0.39 is 11.9 Å². The van der Waals surface area contributed by atoms with E-state index in [1.54, 1.807) is 16.2 Å². The molecule has 3 atom stereocenters. The number of likely N-dealkylation sites (tertiary alicyclic amines) is 1. The number of nitrogens with one attached hydrogen (secondary N) is 1. The van der Waals surface area contributed by atoms with Crippen molar-refractivity contribution in [1.82, 2.24) is 15.1 Å². The summed E-state index contributed by atoms with van der Waals surface area (Å²) in [7, 11) is 0. The fraction of sp³-hybridized carbons (Fsp3) is 0.538. The summed E-state index contributed by atoms with van der Waals surface area (Å²) in [5, 5.41) is 2.87. The van der Waals surface area contributed by atoms with Crippen LogP contribution in [-0.4, -0.2) is 72.6 Å². The highest BCUT2D eigenvalue weighted by Gasteiger charge is 2.39. The van der Waals surface area contributed by atoms with Crippen molar-refractivity contribution < 1.29 is 18.7 Å². The maximum absolute atomic E-state index is 13.4. The largest absolute Gasteiger partial charge is 0.377 e. The highest BCUT2D eigenvalue weighted by molar-refractivity contribution is 7.11. The van der Waals surface area contributed by atoms with Crippen LogP contribution in [0, 0.1) is 12.7 Å². The van der Waals surface area contributed by atoms with Crippen LogP contribution >= 0.6 is 11.3 Å². The van der Waals surface area contributed by atoms with Gasteiger partial charge in [0.2, 0.25) is 5.91 Å². The lowest BCUT2D eigenvalue weighted by Crippen LogP contribution is -2.58. The van der Waals surface area contributed by atoms with Gasteiger partial charge in [-0.15, -0.1) is 11.3 Å². The predicted molar refractivity (Wildman–Crippen MR) is 135 cm³/mol. The molecule has 0 saturated carbocycles. The van der Waals surface area contributed by atoms with Gasteiger partial charge >= 0.3 is 0 Å². The van der Waals surface area contributed by atoms with Crippen LogP contribution in [0.15, 0.2) is 36.4 Å². The van der Waals surface area contributed by atoms with Crippen LogP contribution in [0.5, 0.6) is 0 Å². The van der Waals surface area contributed by atoms with Gasteiger partial charge in [0.1, 0.15) is 11.9 Å². The summed E-state index contributed by atoms with van der Waals surface area (Å²) in [6, 6.07) is 9.31. The molecular weight excluding hydrogens is 467 g/mol. The second kappa shape index (κ2) is 12.1. The average molecular weight is 503 g/mol. The molecule has 2 aliphatic heterocycles. The summed E-state index contributed by atoms with van der Waals surface area (Å²) < 4.78 is 19.4. The molecule has 2 fully saturated rings. The van der Waals surface area contributed by atoms with Gasteiger partial charge in [0.05, 0.1) is 6.10 Å². The van der Waals surface area contributed by atoms with Crippen LogP contribution in [0.25, 0.3) is 0 Å². The third-order valence-electron chi connectivity index (χ3n) is 6.81. The molecule has 2 amide bonds. The van der Waals surface area contributed by atoms with Crippen molar-refractivity contribution in [3.05, 3.63) is 57.5 Å². The zero-order valence-electron chi connectivity index (χ0n) is 20.2. The van der Waals surface area contributed by atoms with Crippen LogP contribution in [0.3, 0.4) is 0 Å². The van der Waals surface area contributed by atoms with Crippen LogP contribution in [-0.2, 0) is 16.1 Å². The molecule has 4 rings (SSSR count). The minimum Gasteiger partial charge on any atom is -0.377 e. The van der Waals surface area contributed by atoms with Crippen molar-refractivity contribution in [3.63, 3.8) is 0 Å². The summed E-state index contributed by atoms with van der Waals surface area (Å²) in [5.74, 6) is -0.846. The highest BCUT2D eigenvalue weighted by Crippen LogP contribution is 2.28. The van der Waals surface area contributed by atoms with E-state index in [1.807, 2.05) is 0 Å². The molecule has 35 heavy (non-hydrogen) atoms. The lowest BCUT2D eigenvalue weighted by atomic mass is 9.93. The maximum atomic E-state index is 13.4. The minimum atomic E-state index is -0.616. The first kappa shape index (κ1) is 25.8. The zero-order valence-corrected chi connectivity index (χ0v) is 21.1. The molecule has 190 valence electrons. The zero-order chi connectivity index (χ0) is 24.8. The van der Waals surface area contributed by atoms with Gasteiger partial charge < -0.3 is 20.7 Å². The molecule has 2 unspecified atom stereocenters. The number of carbonyl (C=O) groups excluding carboxylic acids is 2. The van der Waals surface area contributed by atoms with Gasteiger partial charge in [-0.1, -0.05) is 0 Å². The Labute approximate surface area is 210 Å². The molecule has 2 saturated heterocycles. The molecule has 1 aromatic heterocycles. The van der Waals surface area contributed by atoms with Gasteiger partial charge in [-0.3, -0.25) is 14.5 Å². The van der Waals surface area contributed by atoms with Crippen molar-refractivity contribution >= 4 is 23.2 Å². The fourth-order valence-electron chi connectivity index (χ4n) is 5.00. The SMILES string of the molecule is Cc1ccc(CN(CC2CCCO2)C2CCN(C(=O)c3ccc(F)cc3)[C@@H](C(=O)NCCN)C2)s1. The van der Waals surface area contributed by atoms with Crippen LogP contribution in [0.4, 0.5) is 4.39 Å². The van der Waals surface area contributed by atoms with Crippen molar-refractivity contribution in [3.8, 4) is 0 Å². The lowest BCUT2D eigenvalue weighted by molar-refractivity contribution is -0.127. The molecule has 7 nitrogen and oxygen atoms in total. The van der Waals surface area contributed by atoms with E-state index in [-0.39, 0.29) is 24.0 Å². The smallest absolute Gasteiger partial charge is 0.254 e.